The number of rotatable bonds is 7. The van der Waals surface area contributed by atoms with Crippen molar-refractivity contribution in [2.75, 3.05) is 39.0 Å². The van der Waals surface area contributed by atoms with Crippen molar-refractivity contribution in [1.82, 2.24) is 9.21 Å². The lowest BCUT2D eigenvalue weighted by molar-refractivity contribution is -0.140. The Bertz CT molecular complexity index is 788. The van der Waals surface area contributed by atoms with Gasteiger partial charge in [-0.15, -0.1) is 0 Å². The van der Waals surface area contributed by atoms with E-state index >= 15 is 0 Å². The number of aryl methyl sites for hydroxylation is 2. The summed E-state index contributed by atoms with van der Waals surface area (Å²) in [7, 11) is -3.69. The molecule has 1 aliphatic heterocycles. The Hall–Kier alpha value is -1.97. The molecule has 1 aromatic rings. The molecule has 0 spiro atoms. The van der Waals surface area contributed by atoms with Gasteiger partial charge in [0.2, 0.25) is 15.9 Å². The molecule has 150 valence electrons. The van der Waals surface area contributed by atoms with Crippen LogP contribution in [0.5, 0.6) is 0 Å². The fourth-order valence-electron chi connectivity index (χ4n) is 3.14. The van der Waals surface area contributed by atoms with E-state index in [2.05, 4.69) is 0 Å². The highest BCUT2D eigenvalue weighted by Gasteiger charge is 2.30. The van der Waals surface area contributed by atoms with Gasteiger partial charge in [-0.05, 0) is 30.5 Å². The zero-order chi connectivity index (χ0) is 20.2. The van der Waals surface area contributed by atoms with Crippen molar-refractivity contribution >= 4 is 21.9 Å². The van der Waals surface area contributed by atoms with Crippen LogP contribution in [0.3, 0.4) is 0 Å². The summed E-state index contributed by atoms with van der Waals surface area (Å²) in [5, 5.41) is 8.92. The molecule has 1 saturated heterocycles. The maximum absolute atomic E-state index is 12.7. The van der Waals surface area contributed by atoms with Gasteiger partial charge in [-0.25, -0.2) is 8.42 Å². The first-order chi connectivity index (χ1) is 12.6. The number of hydrogen-bond donors (Lipinski definition) is 1. The molecule has 1 unspecified atom stereocenters. The SMILES string of the molecule is Cc1cccc(C)c1CC(=O)N1CCOC(CN(CC(=O)O)S(C)(=O)=O)C1. The van der Waals surface area contributed by atoms with Crippen molar-refractivity contribution in [3.05, 3.63) is 34.9 Å². The molecule has 0 aliphatic carbocycles. The summed E-state index contributed by atoms with van der Waals surface area (Å²) in [6.45, 7) is 4.15. The van der Waals surface area contributed by atoms with Gasteiger partial charge in [0.15, 0.2) is 0 Å². The molecule has 9 heteroatoms. The molecule has 1 atom stereocenters. The average Bonchev–Trinajstić information content (AvgIpc) is 2.56. The maximum atomic E-state index is 12.7. The third kappa shape index (κ3) is 6.02. The third-order valence-electron chi connectivity index (χ3n) is 4.65. The lowest BCUT2D eigenvalue weighted by atomic mass is 9.99. The van der Waals surface area contributed by atoms with E-state index in [0.717, 1.165) is 27.3 Å². The maximum Gasteiger partial charge on any atom is 0.318 e. The number of carboxylic acids is 1. The summed E-state index contributed by atoms with van der Waals surface area (Å²) in [6.07, 6.45) is 0.674. The van der Waals surface area contributed by atoms with Gasteiger partial charge in [-0.3, -0.25) is 9.59 Å². The van der Waals surface area contributed by atoms with Crippen LogP contribution >= 0.6 is 0 Å². The van der Waals surface area contributed by atoms with E-state index in [4.69, 9.17) is 9.84 Å². The molecule has 1 fully saturated rings. The van der Waals surface area contributed by atoms with Crippen LogP contribution in [0.4, 0.5) is 0 Å². The first-order valence-electron chi connectivity index (χ1n) is 8.69. The van der Waals surface area contributed by atoms with Gasteiger partial charge < -0.3 is 14.7 Å². The van der Waals surface area contributed by atoms with Crippen LogP contribution in [0.1, 0.15) is 16.7 Å². The highest BCUT2D eigenvalue weighted by molar-refractivity contribution is 7.88. The van der Waals surface area contributed by atoms with Crippen molar-refractivity contribution in [1.29, 1.82) is 0 Å². The normalized spacial score (nSPS) is 17.9. The number of carbonyl (C=O) groups excluding carboxylic acids is 1. The molecule has 0 bridgehead atoms. The topological polar surface area (TPSA) is 104 Å². The zero-order valence-electron chi connectivity index (χ0n) is 15.8. The molecule has 0 radical (unpaired) electrons. The van der Waals surface area contributed by atoms with Crippen LogP contribution in [0.2, 0.25) is 0 Å². The van der Waals surface area contributed by atoms with Crippen molar-refractivity contribution < 1.29 is 27.9 Å². The molecule has 0 saturated carbocycles. The summed E-state index contributed by atoms with van der Waals surface area (Å²) >= 11 is 0. The molecular formula is C18H26N2O6S. The Labute approximate surface area is 159 Å². The molecule has 27 heavy (non-hydrogen) atoms. The van der Waals surface area contributed by atoms with Crippen LogP contribution < -0.4 is 0 Å². The first-order valence-corrected chi connectivity index (χ1v) is 10.5. The standard InChI is InChI=1S/C18H26N2O6S/c1-13-5-4-6-14(2)16(13)9-17(21)19-7-8-26-15(10-19)11-20(12-18(22)23)27(3,24)25/h4-6,15H,7-12H2,1-3H3,(H,22,23). The molecule has 8 nitrogen and oxygen atoms in total. The number of benzene rings is 1. The predicted octanol–water partition coefficient (Wildman–Crippen LogP) is 0.420. The van der Waals surface area contributed by atoms with E-state index in [0.29, 0.717) is 6.54 Å². The number of ether oxygens (including phenoxy) is 1. The summed E-state index contributed by atoms with van der Waals surface area (Å²) < 4.78 is 30.0. The summed E-state index contributed by atoms with van der Waals surface area (Å²) in [5.74, 6) is -1.29. The molecule has 2 rings (SSSR count). The van der Waals surface area contributed by atoms with E-state index in [1.165, 1.54) is 0 Å². The average molecular weight is 398 g/mol. The summed E-state index contributed by atoms with van der Waals surface area (Å²) in [5.41, 5.74) is 3.10. The third-order valence-corrected chi connectivity index (χ3v) is 5.87. The highest BCUT2D eigenvalue weighted by Crippen LogP contribution is 2.17. The summed E-state index contributed by atoms with van der Waals surface area (Å²) in [4.78, 5) is 25.3. The number of carbonyl (C=O) groups is 2. The fourth-order valence-corrected chi connectivity index (χ4v) is 3.92. The lowest BCUT2D eigenvalue weighted by Crippen LogP contribution is -2.51. The molecule has 1 N–H and O–H groups in total. The number of aliphatic carboxylic acids is 1. The van der Waals surface area contributed by atoms with E-state index in [9.17, 15) is 18.0 Å². The molecule has 1 amide bonds. The van der Waals surface area contributed by atoms with Crippen molar-refractivity contribution in [2.45, 2.75) is 26.4 Å². The van der Waals surface area contributed by atoms with Crippen LogP contribution in [0.15, 0.2) is 18.2 Å². The first kappa shape index (κ1) is 21.3. The number of carboxylic acid groups (broad SMARTS) is 1. The second kappa shape index (κ2) is 8.81. The fraction of sp³-hybridized carbons (Fsp3) is 0.556. The Balaban J connectivity index is 2.04. The number of nitrogens with zero attached hydrogens (tertiary/aromatic N) is 2. The number of hydrogen-bond acceptors (Lipinski definition) is 5. The van der Waals surface area contributed by atoms with Gasteiger partial charge in [0, 0.05) is 19.6 Å². The second-order valence-electron chi connectivity index (χ2n) is 6.83. The van der Waals surface area contributed by atoms with Crippen molar-refractivity contribution in [3.63, 3.8) is 0 Å². The van der Waals surface area contributed by atoms with E-state index in [1.54, 1.807) is 4.90 Å². The number of amides is 1. The van der Waals surface area contributed by atoms with Gasteiger partial charge in [-0.2, -0.15) is 4.31 Å². The van der Waals surface area contributed by atoms with Crippen LogP contribution in [0.25, 0.3) is 0 Å². The van der Waals surface area contributed by atoms with Crippen LogP contribution in [0, 0.1) is 13.8 Å². The minimum Gasteiger partial charge on any atom is -0.480 e. The largest absolute Gasteiger partial charge is 0.480 e. The minimum atomic E-state index is -3.69. The van der Waals surface area contributed by atoms with Gasteiger partial charge in [0.1, 0.15) is 6.54 Å². The molecular weight excluding hydrogens is 372 g/mol. The lowest BCUT2D eigenvalue weighted by Gasteiger charge is -2.35. The monoisotopic (exact) mass is 398 g/mol. The van der Waals surface area contributed by atoms with E-state index < -0.39 is 28.6 Å². The minimum absolute atomic E-state index is 0.0511. The Morgan fingerprint density at radius 3 is 2.48 bits per heavy atom. The molecule has 1 heterocycles. The van der Waals surface area contributed by atoms with Gasteiger partial charge >= 0.3 is 5.97 Å². The number of morpholine rings is 1. The van der Waals surface area contributed by atoms with Gasteiger partial charge in [0.05, 0.1) is 25.4 Å². The Morgan fingerprint density at radius 2 is 1.93 bits per heavy atom. The van der Waals surface area contributed by atoms with E-state index in [-0.39, 0.29) is 32.0 Å². The van der Waals surface area contributed by atoms with Crippen molar-refractivity contribution in [3.8, 4) is 0 Å². The van der Waals surface area contributed by atoms with Crippen molar-refractivity contribution in [2.24, 2.45) is 0 Å². The smallest absolute Gasteiger partial charge is 0.318 e. The van der Waals surface area contributed by atoms with Gasteiger partial charge in [-0.1, -0.05) is 18.2 Å². The Kier molecular flexibility index (Phi) is 6.96. The Morgan fingerprint density at radius 1 is 1.30 bits per heavy atom. The molecule has 1 aromatic carbocycles. The predicted molar refractivity (Wildman–Crippen MR) is 100.0 cm³/mol. The zero-order valence-corrected chi connectivity index (χ0v) is 16.7. The highest BCUT2D eigenvalue weighted by atomic mass is 32.2. The summed E-state index contributed by atoms with van der Waals surface area (Å²) in [6, 6.07) is 5.88. The van der Waals surface area contributed by atoms with Crippen LogP contribution in [-0.4, -0.2) is 79.8 Å². The van der Waals surface area contributed by atoms with Crippen LogP contribution in [-0.2, 0) is 30.8 Å². The molecule has 1 aliphatic rings. The quantitative estimate of drug-likeness (QED) is 0.714. The molecule has 0 aromatic heterocycles. The van der Waals surface area contributed by atoms with E-state index in [1.807, 2.05) is 32.0 Å². The van der Waals surface area contributed by atoms with Gasteiger partial charge in [0.25, 0.3) is 0 Å². The number of sulfonamides is 1. The second-order valence-corrected chi connectivity index (χ2v) is 8.81.